The molecule has 1 heterocycles. The topological polar surface area (TPSA) is 57.5 Å². The minimum atomic E-state index is -4.56. The molecule has 0 bridgehead atoms. The van der Waals surface area contributed by atoms with Crippen LogP contribution in [0.15, 0.2) is 42.5 Å². The van der Waals surface area contributed by atoms with Crippen LogP contribution in [0.3, 0.4) is 0 Å². The number of hydrogen-bond acceptors (Lipinski definition) is 4. The maximum atomic E-state index is 13.0. The summed E-state index contributed by atoms with van der Waals surface area (Å²) < 4.78 is 50.7. The predicted octanol–water partition coefficient (Wildman–Crippen LogP) is 5.46. The van der Waals surface area contributed by atoms with E-state index in [0.29, 0.717) is 22.2 Å². The Morgan fingerprint density at radius 3 is 2.43 bits per heavy atom. The Bertz CT molecular complexity index is 1120. The maximum absolute atomic E-state index is 13.0. The van der Waals surface area contributed by atoms with Gasteiger partial charge in [-0.3, -0.25) is 4.79 Å². The third-order valence-corrected chi connectivity index (χ3v) is 4.61. The van der Waals surface area contributed by atoms with Crippen molar-refractivity contribution in [1.82, 2.24) is 4.57 Å². The number of fused-ring (bicyclic) bond motifs is 1. The Balaban J connectivity index is 2.06. The van der Waals surface area contributed by atoms with Crippen molar-refractivity contribution in [2.24, 2.45) is 0 Å². The third kappa shape index (κ3) is 4.59. The molecule has 158 valence electrons. The molecular weight excluding hydrogens is 423 g/mol. The minimum absolute atomic E-state index is 0.0857. The fraction of sp³-hybridized carbons (Fsp3) is 0.238. The summed E-state index contributed by atoms with van der Waals surface area (Å²) in [6, 6.07) is 9.83. The highest BCUT2D eigenvalue weighted by atomic mass is 35.5. The second kappa shape index (κ2) is 8.39. The van der Waals surface area contributed by atoms with Crippen LogP contribution in [-0.2, 0) is 22.3 Å². The van der Waals surface area contributed by atoms with E-state index in [1.807, 2.05) is 0 Å². The Hall–Kier alpha value is -3.00. The number of hydrogen-bond donors (Lipinski definition) is 0. The van der Waals surface area contributed by atoms with Gasteiger partial charge in [-0.15, -0.1) is 0 Å². The van der Waals surface area contributed by atoms with Gasteiger partial charge in [0.25, 0.3) is 0 Å². The molecule has 1 aromatic heterocycles. The fourth-order valence-corrected chi connectivity index (χ4v) is 3.40. The highest BCUT2D eigenvalue weighted by Crippen LogP contribution is 2.35. The van der Waals surface area contributed by atoms with E-state index in [-0.39, 0.29) is 18.8 Å². The first kappa shape index (κ1) is 21.7. The zero-order valence-electron chi connectivity index (χ0n) is 16.0. The van der Waals surface area contributed by atoms with Gasteiger partial charge in [0.05, 0.1) is 17.2 Å². The molecule has 0 aliphatic carbocycles. The second-order valence-corrected chi connectivity index (χ2v) is 6.87. The molecule has 0 unspecified atom stereocenters. The first-order chi connectivity index (χ1) is 14.1. The van der Waals surface area contributed by atoms with E-state index in [4.69, 9.17) is 21.1 Å². The van der Waals surface area contributed by atoms with Crippen LogP contribution in [0.25, 0.3) is 10.9 Å². The summed E-state index contributed by atoms with van der Waals surface area (Å²) in [4.78, 5) is 23.6. The highest BCUT2D eigenvalue weighted by molar-refractivity contribution is 6.31. The highest BCUT2D eigenvalue weighted by Gasteiger charge is 2.33. The van der Waals surface area contributed by atoms with Crippen LogP contribution >= 0.6 is 11.6 Å². The Morgan fingerprint density at radius 2 is 1.83 bits per heavy atom. The molecule has 0 amide bonds. The van der Waals surface area contributed by atoms with Crippen LogP contribution in [0.4, 0.5) is 13.2 Å². The van der Waals surface area contributed by atoms with Gasteiger partial charge < -0.3 is 14.0 Å². The Morgan fingerprint density at radius 1 is 1.10 bits per heavy atom. The first-order valence-electron chi connectivity index (χ1n) is 8.94. The van der Waals surface area contributed by atoms with E-state index in [1.165, 1.54) is 19.1 Å². The number of benzene rings is 2. The largest absolute Gasteiger partial charge is 0.461 e. The smallest absolute Gasteiger partial charge is 0.417 e. The molecule has 9 heteroatoms. The summed E-state index contributed by atoms with van der Waals surface area (Å²) in [7, 11) is 0. The van der Waals surface area contributed by atoms with Crippen molar-refractivity contribution in [3.63, 3.8) is 0 Å². The third-order valence-electron chi connectivity index (χ3n) is 4.30. The summed E-state index contributed by atoms with van der Waals surface area (Å²) in [6.45, 7) is 3.18. The molecule has 5 nitrogen and oxygen atoms in total. The van der Waals surface area contributed by atoms with Gasteiger partial charge in [0.1, 0.15) is 11.4 Å². The van der Waals surface area contributed by atoms with E-state index >= 15 is 0 Å². The number of halogens is 4. The number of esters is 2. The van der Waals surface area contributed by atoms with Crippen molar-refractivity contribution in [2.75, 3.05) is 6.61 Å². The molecule has 2 aromatic carbocycles. The van der Waals surface area contributed by atoms with Crippen LogP contribution in [0, 0.1) is 0 Å². The van der Waals surface area contributed by atoms with Crippen molar-refractivity contribution in [3.8, 4) is 5.75 Å². The molecule has 0 aliphatic rings. The number of carbonyl (C=O) groups excluding carboxylic acids is 2. The lowest BCUT2D eigenvalue weighted by Crippen LogP contribution is -2.13. The average molecular weight is 440 g/mol. The normalized spacial score (nSPS) is 11.5. The van der Waals surface area contributed by atoms with Gasteiger partial charge in [-0.05, 0) is 48.9 Å². The quantitative estimate of drug-likeness (QED) is 0.391. The van der Waals surface area contributed by atoms with E-state index in [2.05, 4.69) is 0 Å². The van der Waals surface area contributed by atoms with E-state index in [9.17, 15) is 22.8 Å². The van der Waals surface area contributed by atoms with Gasteiger partial charge in [0.15, 0.2) is 0 Å². The lowest BCUT2D eigenvalue weighted by Gasteiger charge is -2.13. The SMILES string of the molecule is CCOC(=O)c1cc2cc(OC(C)=O)ccc2n1Cc1ccc(C(F)(F)F)c(Cl)c1. The number of ether oxygens (including phenoxy) is 2. The van der Waals surface area contributed by atoms with Crippen LogP contribution in [0.2, 0.25) is 5.02 Å². The Kier molecular flexibility index (Phi) is 6.07. The van der Waals surface area contributed by atoms with E-state index in [1.54, 1.807) is 35.8 Å². The predicted molar refractivity (Wildman–Crippen MR) is 105 cm³/mol. The number of carbonyl (C=O) groups is 2. The standard InChI is InChI=1S/C21H17ClF3NO4/c1-3-29-20(28)19-10-14-9-15(30-12(2)27)5-7-18(14)26(19)11-13-4-6-16(17(22)8-13)21(23,24)25/h4-10H,3,11H2,1-2H3. The molecule has 0 saturated heterocycles. The second-order valence-electron chi connectivity index (χ2n) is 6.46. The molecule has 30 heavy (non-hydrogen) atoms. The molecule has 3 rings (SSSR count). The van der Waals surface area contributed by atoms with Gasteiger partial charge in [0.2, 0.25) is 0 Å². The van der Waals surface area contributed by atoms with Crippen LogP contribution < -0.4 is 4.74 Å². The number of nitrogens with zero attached hydrogens (tertiary/aromatic N) is 1. The van der Waals surface area contributed by atoms with Gasteiger partial charge in [-0.25, -0.2) is 4.79 Å². The molecule has 3 aromatic rings. The van der Waals surface area contributed by atoms with E-state index < -0.39 is 28.7 Å². The monoisotopic (exact) mass is 439 g/mol. The number of aromatic nitrogens is 1. The summed E-state index contributed by atoms with van der Waals surface area (Å²) in [5.41, 5.74) is 0.370. The van der Waals surface area contributed by atoms with Crippen molar-refractivity contribution in [3.05, 3.63) is 64.3 Å². The fourth-order valence-electron chi connectivity index (χ4n) is 3.09. The van der Waals surface area contributed by atoms with Gasteiger partial charge >= 0.3 is 18.1 Å². The van der Waals surface area contributed by atoms with Crippen molar-refractivity contribution in [1.29, 1.82) is 0 Å². The summed E-state index contributed by atoms with van der Waals surface area (Å²) in [5.74, 6) is -0.764. The van der Waals surface area contributed by atoms with Gasteiger partial charge in [-0.2, -0.15) is 13.2 Å². The first-order valence-corrected chi connectivity index (χ1v) is 9.32. The van der Waals surface area contributed by atoms with Crippen molar-refractivity contribution in [2.45, 2.75) is 26.6 Å². The lowest BCUT2D eigenvalue weighted by atomic mass is 10.1. The van der Waals surface area contributed by atoms with E-state index in [0.717, 1.165) is 6.07 Å². The zero-order valence-corrected chi connectivity index (χ0v) is 16.8. The van der Waals surface area contributed by atoms with Crippen molar-refractivity contribution >= 4 is 34.4 Å². The molecule has 0 radical (unpaired) electrons. The Labute approximate surface area is 174 Å². The summed E-state index contributed by atoms with van der Waals surface area (Å²) in [5, 5.41) is 0.182. The molecule has 0 N–H and O–H groups in total. The van der Waals surface area contributed by atoms with Crippen LogP contribution in [0.1, 0.15) is 35.5 Å². The number of rotatable bonds is 5. The molecule has 0 atom stereocenters. The molecule has 0 fully saturated rings. The number of alkyl halides is 3. The molecular formula is C21H17ClF3NO4. The molecule has 0 saturated carbocycles. The van der Waals surface area contributed by atoms with Crippen LogP contribution in [0.5, 0.6) is 5.75 Å². The van der Waals surface area contributed by atoms with Crippen molar-refractivity contribution < 1.29 is 32.2 Å². The molecule has 0 spiro atoms. The lowest BCUT2D eigenvalue weighted by molar-refractivity contribution is -0.137. The zero-order chi connectivity index (χ0) is 22.1. The summed E-state index contributed by atoms with van der Waals surface area (Å²) >= 11 is 5.82. The average Bonchev–Trinajstić information content (AvgIpc) is 2.98. The van der Waals surface area contributed by atoms with Gasteiger partial charge in [0, 0.05) is 24.4 Å². The molecule has 0 aliphatic heterocycles. The maximum Gasteiger partial charge on any atom is 0.417 e. The summed E-state index contributed by atoms with van der Waals surface area (Å²) in [6.07, 6.45) is -4.56. The minimum Gasteiger partial charge on any atom is -0.461 e. The van der Waals surface area contributed by atoms with Crippen LogP contribution in [-0.4, -0.2) is 23.1 Å². The van der Waals surface area contributed by atoms with Gasteiger partial charge in [-0.1, -0.05) is 17.7 Å².